The standard InChI is InChI=1S/C32H47NO3/c1-5-33(6-2)21-22-7-14-30(31(19-22)35-4)36-18-16-24-9-13-29-28-11-8-23-20-25(34)10-12-26(23)27(28)15-17-32(24,29)3/h7,14,19-20,24,26-29H,5-6,8-13,15-18,21H2,1-4H3. The Morgan fingerprint density at radius 1 is 1.00 bits per heavy atom. The number of ether oxygens (including phenoxy) is 2. The third kappa shape index (κ3) is 4.87. The Balaban J connectivity index is 1.19. The Labute approximate surface area is 218 Å². The highest BCUT2D eigenvalue weighted by Gasteiger charge is 2.55. The van der Waals surface area contributed by atoms with Gasteiger partial charge in [0.25, 0.3) is 0 Å². The summed E-state index contributed by atoms with van der Waals surface area (Å²) in [6.45, 7) is 10.8. The molecule has 4 nitrogen and oxygen atoms in total. The number of carbonyl (C=O) groups is 1. The first-order valence-electron chi connectivity index (χ1n) is 14.7. The van der Waals surface area contributed by atoms with Gasteiger partial charge in [0.05, 0.1) is 13.7 Å². The lowest BCUT2D eigenvalue weighted by Gasteiger charge is -2.54. The van der Waals surface area contributed by atoms with Gasteiger partial charge in [-0.05, 0) is 123 Å². The number of hydrogen-bond acceptors (Lipinski definition) is 4. The van der Waals surface area contributed by atoms with Crippen molar-refractivity contribution in [2.75, 3.05) is 26.8 Å². The van der Waals surface area contributed by atoms with Crippen LogP contribution in [0, 0.1) is 35.0 Å². The Morgan fingerprint density at radius 3 is 2.61 bits per heavy atom. The van der Waals surface area contributed by atoms with Crippen molar-refractivity contribution in [2.24, 2.45) is 35.0 Å². The van der Waals surface area contributed by atoms with E-state index in [-0.39, 0.29) is 0 Å². The molecule has 0 aliphatic heterocycles. The number of nitrogens with zero attached hydrogens (tertiary/aromatic N) is 1. The SMILES string of the molecule is CCN(CC)Cc1ccc(OCCC2CCC3C4CCC5=CC(=O)CCC5C4CCC23C)c(OC)c1. The predicted molar refractivity (Wildman–Crippen MR) is 145 cm³/mol. The molecule has 0 saturated heterocycles. The minimum Gasteiger partial charge on any atom is -0.493 e. The molecule has 0 heterocycles. The molecule has 3 saturated carbocycles. The zero-order valence-electron chi connectivity index (χ0n) is 23.1. The Morgan fingerprint density at radius 2 is 1.83 bits per heavy atom. The molecule has 1 aromatic carbocycles. The molecule has 0 spiro atoms. The van der Waals surface area contributed by atoms with Crippen LogP contribution in [0.3, 0.4) is 0 Å². The van der Waals surface area contributed by atoms with E-state index >= 15 is 0 Å². The first-order chi connectivity index (χ1) is 17.5. The van der Waals surface area contributed by atoms with E-state index in [2.05, 4.69) is 43.9 Å². The van der Waals surface area contributed by atoms with Crippen LogP contribution in [0.25, 0.3) is 0 Å². The van der Waals surface area contributed by atoms with E-state index in [4.69, 9.17) is 9.47 Å². The van der Waals surface area contributed by atoms with Gasteiger partial charge < -0.3 is 9.47 Å². The molecule has 198 valence electrons. The molecule has 0 N–H and O–H groups in total. The van der Waals surface area contributed by atoms with E-state index in [0.29, 0.717) is 17.1 Å². The van der Waals surface area contributed by atoms with Gasteiger partial charge in [-0.2, -0.15) is 0 Å². The Hall–Kier alpha value is -1.81. The molecule has 5 rings (SSSR count). The Kier molecular flexibility index (Phi) is 7.81. The van der Waals surface area contributed by atoms with E-state index in [9.17, 15) is 4.79 Å². The maximum atomic E-state index is 12.0. The van der Waals surface area contributed by atoms with Crippen LogP contribution in [-0.2, 0) is 11.3 Å². The van der Waals surface area contributed by atoms with Gasteiger partial charge in [-0.25, -0.2) is 0 Å². The zero-order chi connectivity index (χ0) is 25.3. The summed E-state index contributed by atoms with van der Waals surface area (Å²) in [5.74, 6) is 6.10. The number of benzene rings is 1. The number of ketones is 1. The molecule has 4 aliphatic rings. The quantitative estimate of drug-likeness (QED) is 0.369. The summed E-state index contributed by atoms with van der Waals surface area (Å²) in [7, 11) is 1.75. The molecule has 4 heteroatoms. The summed E-state index contributed by atoms with van der Waals surface area (Å²) in [6, 6.07) is 6.44. The minimum atomic E-state index is 0.372. The van der Waals surface area contributed by atoms with Crippen molar-refractivity contribution < 1.29 is 14.3 Å². The third-order valence-electron chi connectivity index (χ3n) is 10.7. The maximum absolute atomic E-state index is 12.0. The van der Waals surface area contributed by atoms with Gasteiger partial charge in [-0.1, -0.05) is 32.4 Å². The van der Waals surface area contributed by atoms with Crippen LogP contribution in [-0.4, -0.2) is 37.5 Å². The van der Waals surface area contributed by atoms with Crippen LogP contribution in [0.5, 0.6) is 11.5 Å². The largest absolute Gasteiger partial charge is 0.493 e. The molecular weight excluding hydrogens is 446 g/mol. The van der Waals surface area contributed by atoms with E-state index in [1.54, 1.807) is 7.11 Å². The fraction of sp³-hybridized carbons (Fsp3) is 0.719. The highest BCUT2D eigenvalue weighted by atomic mass is 16.5. The molecule has 36 heavy (non-hydrogen) atoms. The number of hydrogen-bond donors (Lipinski definition) is 0. The van der Waals surface area contributed by atoms with Crippen molar-refractivity contribution >= 4 is 5.78 Å². The van der Waals surface area contributed by atoms with Crippen LogP contribution in [0.1, 0.15) is 84.1 Å². The number of methoxy groups -OCH3 is 1. The molecule has 0 aromatic heterocycles. The average molecular weight is 494 g/mol. The van der Waals surface area contributed by atoms with Crippen molar-refractivity contribution in [1.29, 1.82) is 0 Å². The highest BCUT2D eigenvalue weighted by molar-refractivity contribution is 5.91. The van der Waals surface area contributed by atoms with Gasteiger partial charge >= 0.3 is 0 Å². The van der Waals surface area contributed by atoms with Gasteiger partial charge in [0.2, 0.25) is 0 Å². The monoisotopic (exact) mass is 493 g/mol. The second-order valence-corrected chi connectivity index (χ2v) is 12.2. The van der Waals surface area contributed by atoms with Gasteiger partial charge in [-0.3, -0.25) is 9.69 Å². The van der Waals surface area contributed by atoms with E-state index in [1.807, 2.05) is 6.08 Å². The van der Waals surface area contributed by atoms with Crippen LogP contribution < -0.4 is 9.47 Å². The second-order valence-electron chi connectivity index (χ2n) is 12.2. The molecule has 1 aromatic rings. The van der Waals surface area contributed by atoms with E-state index in [1.165, 1.54) is 49.7 Å². The van der Waals surface area contributed by atoms with Crippen LogP contribution >= 0.6 is 0 Å². The predicted octanol–water partition coefficient (Wildman–Crippen LogP) is 7.06. The van der Waals surface area contributed by atoms with Gasteiger partial charge in [0.1, 0.15) is 0 Å². The highest BCUT2D eigenvalue weighted by Crippen LogP contribution is 2.64. The van der Waals surface area contributed by atoms with Crippen molar-refractivity contribution in [3.8, 4) is 11.5 Å². The first-order valence-corrected chi connectivity index (χ1v) is 14.7. The summed E-state index contributed by atoms with van der Waals surface area (Å²) in [5, 5.41) is 0. The fourth-order valence-corrected chi connectivity index (χ4v) is 8.71. The second kappa shape index (κ2) is 10.9. The van der Waals surface area contributed by atoms with Crippen molar-refractivity contribution in [3.63, 3.8) is 0 Å². The van der Waals surface area contributed by atoms with Gasteiger partial charge in [-0.15, -0.1) is 0 Å². The Bertz CT molecular complexity index is 966. The topological polar surface area (TPSA) is 38.8 Å². The van der Waals surface area contributed by atoms with Crippen molar-refractivity contribution in [1.82, 2.24) is 4.90 Å². The normalized spacial score (nSPS) is 33.5. The van der Waals surface area contributed by atoms with Crippen molar-refractivity contribution in [2.45, 2.75) is 85.1 Å². The lowest BCUT2D eigenvalue weighted by atomic mass is 9.51. The van der Waals surface area contributed by atoms with E-state index < -0.39 is 0 Å². The number of rotatable bonds is 9. The molecule has 0 amide bonds. The lowest BCUT2D eigenvalue weighted by molar-refractivity contribution is -0.116. The molecule has 0 bridgehead atoms. The molecule has 6 atom stereocenters. The van der Waals surface area contributed by atoms with Gasteiger partial charge in [0, 0.05) is 13.0 Å². The molecule has 0 radical (unpaired) electrons. The summed E-state index contributed by atoms with van der Waals surface area (Å²) < 4.78 is 12.0. The van der Waals surface area contributed by atoms with Crippen molar-refractivity contribution in [3.05, 3.63) is 35.4 Å². The zero-order valence-corrected chi connectivity index (χ0v) is 23.1. The summed E-state index contributed by atoms with van der Waals surface area (Å²) >= 11 is 0. The van der Waals surface area contributed by atoms with E-state index in [0.717, 1.165) is 80.7 Å². The summed E-state index contributed by atoms with van der Waals surface area (Å²) in [5.41, 5.74) is 3.23. The molecule has 3 fully saturated rings. The maximum Gasteiger partial charge on any atom is 0.161 e. The number of allylic oxidation sites excluding steroid dienone is 1. The lowest BCUT2D eigenvalue weighted by Crippen LogP contribution is -2.46. The molecular formula is C32H47NO3. The van der Waals surface area contributed by atoms with Gasteiger partial charge in [0.15, 0.2) is 17.3 Å². The third-order valence-corrected chi connectivity index (χ3v) is 10.7. The average Bonchev–Trinajstić information content (AvgIpc) is 3.23. The van der Waals surface area contributed by atoms with Crippen LogP contribution in [0.15, 0.2) is 29.8 Å². The smallest absolute Gasteiger partial charge is 0.161 e. The van der Waals surface area contributed by atoms with Crippen LogP contribution in [0.2, 0.25) is 0 Å². The number of fused-ring (bicyclic) bond motifs is 5. The first kappa shape index (κ1) is 25.8. The van der Waals surface area contributed by atoms with Crippen LogP contribution in [0.4, 0.5) is 0 Å². The summed E-state index contributed by atoms with van der Waals surface area (Å²) in [6.07, 6.45) is 13.0. The fourth-order valence-electron chi connectivity index (χ4n) is 8.71. The summed E-state index contributed by atoms with van der Waals surface area (Å²) in [4.78, 5) is 14.4. The minimum absolute atomic E-state index is 0.372. The molecule has 6 unspecified atom stereocenters. The molecule has 4 aliphatic carbocycles. The number of carbonyl (C=O) groups excluding carboxylic acids is 1.